The molecule has 0 atom stereocenters. The number of carbonyl (C=O) groups is 1. The van der Waals surface area contributed by atoms with Crippen molar-refractivity contribution in [1.82, 2.24) is 0 Å². The van der Waals surface area contributed by atoms with E-state index in [1.54, 1.807) is 0 Å². The number of ether oxygens (including phenoxy) is 1. The van der Waals surface area contributed by atoms with Gasteiger partial charge in [0, 0.05) is 24.5 Å². The Balaban J connectivity index is 1.73. The summed E-state index contributed by atoms with van der Waals surface area (Å²) in [4.78, 5) is 23.3. The van der Waals surface area contributed by atoms with Gasteiger partial charge in [-0.05, 0) is 35.4 Å². The summed E-state index contributed by atoms with van der Waals surface area (Å²) in [6, 6.07) is 16.6. The Kier molecular flexibility index (Phi) is 5.64. The molecule has 3 N–H and O–H groups in total. The first kappa shape index (κ1) is 19.0. The highest BCUT2D eigenvalue weighted by Crippen LogP contribution is 2.24. The van der Waals surface area contributed by atoms with Crippen LogP contribution in [0.3, 0.4) is 0 Å². The first-order valence-corrected chi connectivity index (χ1v) is 8.58. The zero-order valence-electron chi connectivity index (χ0n) is 15.5. The molecule has 0 spiro atoms. The van der Waals surface area contributed by atoms with Crippen LogP contribution in [0, 0.1) is 0 Å². The van der Waals surface area contributed by atoms with Gasteiger partial charge in [-0.25, -0.2) is 4.79 Å². The average Bonchev–Trinajstić information content (AvgIpc) is 2.74. The minimum Gasteiger partial charge on any atom is -0.502 e. The van der Waals surface area contributed by atoms with Crippen LogP contribution in [-0.2, 0) is 11.3 Å². The molecule has 0 saturated carbocycles. The zero-order chi connectivity index (χ0) is 20.1. The molecule has 0 aliphatic heterocycles. The van der Waals surface area contributed by atoms with Gasteiger partial charge in [0.1, 0.15) is 0 Å². The molecule has 1 aromatic heterocycles. The van der Waals surface area contributed by atoms with Crippen molar-refractivity contribution in [3.8, 4) is 16.9 Å². The third kappa shape index (κ3) is 4.15. The second-order valence-electron chi connectivity index (χ2n) is 6.00. The van der Waals surface area contributed by atoms with Crippen LogP contribution in [0.5, 0.6) is 5.75 Å². The number of hydrogen-bond donors (Lipinski definition) is 3. The number of carbonyl (C=O) groups excluding carboxylic acids is 1. The summed E-state index contributed by atoms with van der Waals surface area (Å²) >= 11 is 0. The maximum atomic E-state index is 11.8. The molecular formula is C21H20N2O5. The van der Waals surface area contributed by atoms with Crippen LogP contribution in [0.25, 0.3) is 11.1 Å². The molecular weight excluding hydrogens is 360 g/mol. The van der Waals surface area contributed by atoms with E-state index in [9.17, 15) is 14.7 Å². The highest BCUT2D eigenvalue weighted by atomic mass is 16.5. The predicted molar refractivity (Wildman–Crippen MR) is 107 cm³/mol. The topological polar surface area (TPSA) is 101 Å². The molecule has 144 valence electrons. The normalized spacial score (nSPS) is 10.4. The van der Waals surface area contributed by atoms with Crippen molar-refractivity contribution in [2.24, 2.45) is 0 Å². The summed E-state index contributed by atoms with van der Waals surface area (Å²) in [5, 5.41) is 16.0. The van der Waals surface area contributed by atoms with Crippen LogP contribution < -0.4 is 16.1 Å². The van der Waals surface area contributed by atoms with Gasteiger partial charge in [0.25, 0.3) is 0 Å². The van der Waals surface area contributed by atoms with Crippen molar-refractivity contribution in [2.75, 3.05) is 24.8 Å². The lowest BCUT2D eigenvalue weighted by molar-refractivity contribution is 0.0559. The van der Waals surface area contributed by atoms with Gasteiger partial charge >= 0.3 is 5.97 Å². The lowest BCUT2D eigenvalue weighted by Gasteiger charge is -2.09. The second-order valence-corrected chi connectivity index (χ2v) is 6.00. The molecule has 2 aromatic carbocycles. The monoisotopic (exact) mass is 380 g/mol. The summed E-state index contributed by atoms with van der Waals surface area (Å²) in [6.45, 7) is 0.0299. The molecule has 0 unspecified atom stereocenters. The van der Waals surface area contributed by atoms with E-state index in [4.69, 9.17) is 4.42 Å². The maximum Gasteiger partial charge on any atom is 0.374 e. The number of methoxy groups -OCH3 is 1. The van der Waals surface area contributed by atoms with Crippen LogP contribution >= 0.6 is 0 Å². The molecule has 3 rings (SSSR count). The largest absolute Gasteiger partial charge is 0.502 e. The molecule has 28 heavy (non-hydrogen) atoms. The Morgan fingerprint density at radius 2 is 1.61 bits per heavy atom. The van der Waals surface area contributed by atoms with E-state index in [-0.39, 0.29) is 18.1 Å². The van der Waals surface area contributed by atoms with Crippen LogP contribution in [0.4, 0.5) is 11.4 Å². The summed E-state index contributed by atoms with van der Waals surface area (Å²) in [5.41, 5.74) is 3.23. The van der Waals surface area contributed by atoms with E-state index in [2.05, 4.69) is 15.4 Å². The third-order valence-corrected chi connectivity index (χ3v) is 4.22. The van der Waals surface area contributed by atoms with Gasteiger partial charge in [-0.2, -0.15) is 0 Å². The van der Waals surface area contributed by atoms with Gasteiger partial charge in [-0.15, -0.1) is 0 Å². The van der Waals surface area contributed by atoms with E-state index in [0.717, 1.165) is 28.6 Å². The molecule has 7 nitrogen and oxygen atoms in total. The van der Waals surface area contributed by atoms with Crippen molar-refractivity contribution in [1.29, 1.82) is 0 Å². The summed E-state index contributed by atoms with van der Waals surface area (Å²) in [5.74, 6) is -1.63. The molecule has 7 heteroatoms. The van der Waals surface area contributed by atoms with Gasteiger partial charge in [0.2, 0.25) is 16.9 Å². The summed E-state index contributed by atoms with van der Waals surface area (Å²) in [6.07, 6.45) is 0. The van der Waals surface area contributed by atoms with Crippen LogP contribution in [-0.4, -0.2) is 25.2 Å². The first-order valence-electron chi connectivity index (χ1n) is 8.58. The van der Waals surface area contributed by atoms with Crippen molar-refractivity contribution < 1.29 is 19.1 Å². The quantitative estimate of drug-likeness (QED) is 0.563. The first-order chi connectivity index (χ1) is 13.5. The van der Waals surface area contributed by atoms with Crippen LogP contribution in [0.15, 0.2) is 63.8 Å². The molecule has 0 aliphatic rings. The lowest BCUT2D eigenvalue weighted by Crippen LogP contribution is -2.12. The molecule has 0 amide bonds. The smallest absolute Gasteiger partial charge is 0.374 e. The Hall–Kier alpha value is -3.74. The molecule has 1 heterocycles. The van der Waals surface area contributed by atoms with Gasteiger partial charge in [0.15, 0.2) is 5.76 Å². The fourth-order valence-corrected chi connectivity index (χ4v) is 2.65. The average molecular weight is 380 g/mol. The Labute approximate surface area is 161 Å². The van der Waals surface area contributed by atoms with E-state index in [0.29, 0.717) is 0 Å². The molecule has 0 saturated heterocycles. The molecule has 0 aliphatic carbocycles. The summed E-state index contributed by atoms with van der Waals surface area (Å²) < 4.78 is 9.83. The minimum absolute atomic E-state index is 0.0299. The molecule has 0 radical (unpaired) electrons. The van der Waals surface area contributed by atoms with Crippen molar-refractivity contribution in [3.05, 3.63) is 76.3 Å². The van der Waals surface area contributed by atoms with Crippen molar-refractivity contribution in [2.45, 2.75) is 6.54 Å². The van der Waals surface area contributed by atoms with Crippen LogP contribution in [0.1, 0.15) is 16.3 Å². The van der Waals surface area contributed by atoms with Gasteiger partial charge in [-0.3, -0.25) is 4.79 Å². The predicted octanol–water partition coefficient (Wildman–Crippen LogP) is 3.45. The highest BCUT2D eigenvalue weighted by Gasteiger charge is 2.16. The number of esters is 1. The third-order valence-electron chi connectivity index (χ3n) is 4.22. The van der Waals surface area contributed by atoms with Crippen molar-refractivity contribution in [3.63, 3.8) is 0 Å². The van der Waals surface area contributed by atoms with E-state index < -0.39 is 17.1 Å². The molecule has 0 bridgehead atoms. The standard InChI is InChI=1S/C21H20N2O5/c1-22-15-7-3-13(4-8-15)14-5-9-16(10-6-14)23-12-19-20(25)17(24)11-18(28-19)21(26)27-2/h3-11,22-23,25H,12H2,1-2H3. The number of nitrogens with one attached hydrogen (secondary N) is 2. The van der Waals surface area contributed by atoms with E-state index in [1.165, 1.54) is 7.11 Å². The lowest BCUT2D eigenvalue weighted by atomic mass is 10.1. The van der Waals surface area contributed by atoms with Gasteiger partial charge in [-0.1, -0.05) is 24.3 Å². The van der Waals surface area contributed by atoms with Gasteiger partial charge in [0.05, 0.1) is 13.7 Å². The van der Waals surface area contributed by atoms with Gasteiger partial charge < -0.3 is 24.9 Å². The van der Waals surface area contributed by atoms with E-state index in [1.807, 2.05) is 55.6 Å². The number of anilines is 2. The van der Waals surface area contributed by atoms with Crippen LogP contribution in [0.2, 0.25) is 0 Å². The van der Waals surface area contributed by atoms with Crippen molar-refractivity contribution >= 4 is 17.3 Å². The Morgan fingerprint density at radius 3 is 2.14 bits per heavy atom. The number of aromatic hydroxyl groups is 1. The zero-order valence-corrected chi connectivity index (χ0v) is 15.5. The minimum atomic E-state index is -0.785. The Bertz CT molecular complexity index is 1020. The summed E-state index contributed by atoms with van der Waals surface area (Å²) in [7, 11) is 3.05. The SMILES string of the molecule is CNc1ccc(-c2ccc(NCc3oc(C(=O)OC)cc(=O)c3O)cc2)cc1. The number of rotatable bonds is 6. The maximum absolute atomic E-state index is 11.8. The molecule has 0 fully saturated rings. The Morgan fingerprint density at radius 1 is 1.04 bits per heavy atom. The molecule has 3 aromatic rings. The highest BCUT2D eigenvalue weighted by molar-refractivity contribution is 5.86. The fraction of sp³-hybridized carbons (Fsp3) is 0.143. The number of hydrogen-bond acceptors (Lipinski definition) is 7. The fourth-order valence-electron chi connectivity index (χ4n) is 2.65. The number of benzene rings is 2. The second kappa shape index (κ2) is 8.30. The van der Waals surface area contributed by atoms with E-state index >= 15 is 0 Å².